The van der Waals surface area contributed by atoms with E-state index in [0.29, 0.717) is 5.09 Å². The lowest BCUT2D eigenvalue weighted by atomic mass is 10.0. The number of rotatable bonds is 0. The first-order valence-electron chi connectivity index (χ1n) is 4.29. The molecule has 0 fully saturated rings. The standard InChI is InChI=1S/C11H12OS/c1-6-4-7(2)9-5-10(13)12-11(9)8(6)3/h4-5,13H,1-3H3. The Morgan fingerprint density at radius 3 is 2.46 bits per heavy atom. The molecule has 0 aliphatic rings. The Balaban J connectivity index is 2.95. The quantitative estimate of drug-likeness (QED) is 0.629. The molecule has 1 heterocycles. The van der Waals surface area contributed by atoms with Gasteiger partial charge in [-0.15, -0.1) is 12.6 Å². The van der Waals surface area contributed by atoms with Gasteiger partial charge in [-0.3, -0.25) is 0 Å². The maximum Gasteiger partial charge on any atom is 0.158 e. The first-order chi connectivity index (χ1) is 6.09. The first kappa shape index (κ1) is 8.70. The summed E-state index contributed by atoms with van der Waals surface area (Å²) in [6.07, 6.45) is 0. The molecule has 0 N–H and O–H groups in total. The Morgan fingerprint density at radius 2 is 1.77 bits per heavy atom. The van der Waals surface area contributed by atoms with Crippen molar-refractivity contribution in [1.82, 2.24) is 0 Å². The average molecular weight is 192 g/mol. The SMILES string of the molecule is Cc1cc(C)c2cc(S)oc2c1C. The van der Waals surface area contributed by atoms with Gasteiger partial charge < -0.3 is 4.42 Å². The van der Waals surface area contributed by atoms with Gasteiger partial charge in [0.05, 0.1) is 0 Å². The van der Waals surface area contributed by atoms with Crippen LogP contribution in [-0.2, 0) is 0 Å². The van der Waals surface area contributed by atoms with Crippen LogP contribution in [0, 0.1) is 20.8 Å². The molecule has 68 valence electrons. The largest absolute Gasteiger partial charge is 0.450 e. The predicted octanol–water partition coefficient (Wildman–Crippen LogP) is 3.65. The molecular weight excluding hydrogens is 180 g/mol. The van der Waals surface area contributed by atoms with Crippen LogP contribution in [0.15, 0.2) is 21.6 Å². The summed E-state index contributed by atoms with van der Waals surface area (Å²) in [5, 5.41) is 1.86. The van der Waals surface area contributed by atoms with E-state index in [2.05, 4.69) is 39.5 Å². The second kappa shape index (κ2) is 2.81. The minimum Gasteiger partial charge on any atom is -0.450 e. The van der Waals surface area contributed by atoms with Gasteiger partial charge in [-0.05, 0) is 43.5 Å². The maximum absolute atomic E-state index is 5.52. The summed E-state index contributed by atoms with van der Waals surface area (Å²) in [6.45, 7) is 6.27. The summed E-state index contributed by atoms with van der Waals surface area (Å²) in [5.74, 6) is 0. The monoisotopic (exact) mass is 192 g/mol. The minimum atomic E-state index is 0.687. The van der Waals surface area contributed by atoms with Crippen molar-refractivity contribution in [3.05, 3.63) is 28.8 Å². The van der Waals surface area contributed by atoms with Gasteiger partial charge in [-0.25, -0.2) is 0 Å². The zero-order chi connectivity index (χ0) is 9.59. The van der Waals surface area contributed by atoms with E-state index < -0.39 is 0 Å². The van der Waals surface area contributed by atoms with E-state index in [1.807, 2.05) is 6.07 Å². The lowest BCUT2D eigenvalue weighted by Crippen LogP contribution is -1.83. The molecule has 13 heavy (non-hydrogen) atoms. The Morgan fingerprint density at radius 1 is 1.08 bits per heavy atom. The van der Waals surface area contributed by atoms with E-state index in [-0.39, 0.29) is 0 Å². The average Bonchev–Trinajstić information content (AvgIpc) is 2.44. The van der Waals surface area contributed by atoms with Gasteiger partial charge in [0.1, 0.15) is 5.58 Å². The van der Waals surface area contributed by atoms with Crippen LogP contribution in [0.5, 0.6) is 0 Å². The molecule has 2 rings (SSSR count). The molecule has 0 atom stereocenters. The molecule has 1 aromatic carbocycles. The molecule has 0 saturated carbocycles. The fraction of sp³-hybridized carbons (Fsp3) is 0.273. The highest BCUT2D eigenvalue weighted by Crippen LogP contribution is 2.29. The molecule has 0 bridgehead atoms. The summed E-state index contributed by atoms with van der Waals surface area (Å²) in [7, 11) is 0. The highest BCUT2D eigenvalue weighted by atomic mass is 32.1. The Hall–Kier alpha value is -0.890. The zero-order valence-corrected chi connectivity index (χ0v) is 8.90. The Labute approximate surface area is 83.2 Å². The fourth-order valence-electron chi connectivity index (χ4n) is 1.64. The molecular formula is C11H12OS. The van der Waals surface area contributed by atoms with Crippen LogP contribution in [0.1, 0.15) is 16.7 Å². The van der Waals surface area contributed by atoms with Crippen molar-refractivity contribution in [3.8, 4) is 0 Å². The number of hydrogen-bond donors (Lipinski definition) is 1. The molecule has 1 nitrogen and oxygen atoms in total. The molecule has 0 radical (unpaired) electrons. The first-order valence-corrected chi connectivity index (χ1v) is 4.73. The molecule has 0 unspecified atom stereocenters. The van der Waals surface area contributed by atoms with Crippen LogP contribution in [0.25, 0.3) is 11.0 Å². The van der Waals surface area contributed by atoms with Gasteiger partial charge in [0.15, 0.2) is 5.09 Å². The Bertz CT molecular complexity index is 468. The summed E-state index contributed by atoms with van der Waals surface area (Å²) in [6, 6.07) is 4.15. The van der Waals surface area contributed by atoms with Crippen LogP contribution in [-0.4, -0.2) is 0 Å². The normalized spacial score (nSPS) is 11.1. The molecule has 0 aliphatic heterocycles. The van der Waals surface area contributed by atoms with Crippen molar-refractivity contribution >= 4 is 23.6 Å². The second-order valence-corrected chi connectivity index (χ2v) is 3.90. The van der Waals surface area contributed by atoms with Gasteiger partial charge in [0, 0.05) is 5.39 Å². The summed E-state index contributed by atoms with van der Waals surface area (Å²) in [5.41, 5.74) is 4.71. The number of hydrogen-bond acceptors (Lipinski definition) is 2. The van der Waals surface area contributed by atoms with Crippen LogP contribution in [0.3, 0.4) is 0 Å². The maximum atomic E-state index is 5.52. The van der Waals surface area contributed by atoms with E-state index in [4.69, 9.17) is 4.42 Å². The number of thiol groups is 1. The summed E-state index contributed by atoms with van der Waals surface area (Å²) < 4.78 is 5.52. The highest BCUT2D eigenvalue weighted by Gasteiger charge is 2.08. The van der Waals surface area contributed by atoms with Crippen molar-refractivity contribution in [3.63, 3.8) is 0 Å². The van der Waals surface area contributed by atoms with Gasteiger partial charge in [0.25, 0.3) is 0 Å². The fourth-order valence-corrected chi connectivity index (χ4v) is 1.86. The summed E-state index contributed by atoms with van der Waals surface area (Å²) >= 11 is 4.20. The van der Waals surface area contributed by atoms with Crippen LogP contribution >= 0.6 is 12.6 Å². The third-order valence-corrected chi connectivity index (χ3v) is 2.73. The van der Waals surface area contributed by atoms with Gasteiger partial charge in [-0.1, -0.05) is 6.07 Å². The number of aryl methyl sites for hydroxylation is 3. The van der Waals surface area contributed by atoms with Crippen LogP contribution < -0.4 is 0 Å². The van der Waals surface area contributed by atoms with Crippen molar-refractivity contribution in [1.29, 1.82) is 0 Å². The molecule has 0 aliphatic carbocycles. The number of furan rings is 1. The van der Waals surface area contributed by atoms with Crippen molar-refractivity contribution in [2.45, 2.75) is 25.9 Å². The molecule has 0 saturated heterocycles. The van der Waals surface area contributed by atoms with Gasteiger partial charge in [0.2, 0.25) is 0 Å². The van der Waals surface area contributed by atoms with E-state index in [0.717, 1.165) is 5.58 Å². The molecule has 0 amide bonds. The van der Waals surface area contributed by atoms with E-state index >= 15 is 0 Å². The van der Waals surface area contributed by atoms with Crippen LogP contribution in [0.4, 0.5) is 0 Å². The smallest absolute Gasteiger partial charge is 0.158 e. The third-order valence-electron chi connectivity index (χ3n) is 2.51. The van der Waals surface area contributed by atoms with Crippen molar-refractivity contribution in [2.24, 2.45) is 0 Å². The number of benzene rings is 1. The minimum absolute atomic E-state index is 0.687. The molecule has 1 aromatic heterocycles. The van der Waals surface area contributed by atoms with E-state index in [1.54, 1.807) is 0 Å². The molecule has 2 heteroatoms. The van der Waals surface area contributed by atoms with E-state index in [1.165, 1.54) is 22.1 Å². The third kappa shape index (κ3) is 1.25. The van der Waals surface area contributed by atoms with Gasteiger partial charge >= 0.3 is 0 Å². The predicted molar refractivity (Wildman–Crippen MR) is 57.7 cm³/mol. The Kier molecular flexibility index (Phi) is 1.88. The second-order valence-electron chi connectivity index (χ2n) is 3.46. The van der Waals surface area contributed by atoms with Crippen molar-refractivity contribution in [2.75, 3.05) is 0 Å². The highest BCUT2D eigenvalue weighted by molar-refractivity contribution is 7.80. The zero-order valence-electron chi connectivity index (χ0n) is 8.01. The lowest BCUT2D eigenvalue weighted by molar-refractivity contribution is 0.515. The van der Waals surface area contributed by atoms with Crippen molar-refractivity contribution < 1.29 is 4.42 Å². The topological polar surface area (TPSA) is 13.1 Å². The van der Waals surface area contributed by atoms with Crippen LogP contribution in [0.2, 0.25) is 0 Å². The van der Waals surface area contributed by atoms with Gasteiger partial charge in [-0.2, -0.15) is 0 Å². The summed E-state index contributed by atoms with van der Waals surface area (Å²) in [4.78, 5) is 0. The molecule has 0 spiro atoms. The van der Waals surface area contributed by atoms with E-state index in [9.17, 15) is 0 Å². The lowest BCUT2D eigenvalue weighted by Gasteiger charge is -2.02. The number of fused-ring (bicyclic) bond motifs is 1. The molecule has 2 aromatic rings.